The Balaban J connectivity index is 0.698. The number of fused-ring (bicyclic) bond motifs is 1. The minimum atomic E-state index is -0.976. The number of nitrogens with two attached hydrogens (primary N) is 1. The van der Waals surface area contributed by atoms with Crippen LogP contribution in [0, 0.1) is 5.92 Å². The van der Waals surface area contributed by atoms with Gasteiger partial charge in [0.05, 0.1) is 17.2 Å². The van der Waals surface area contributed by atoms with Gasteiger partial charge in [0.25, 0.3) is 17.7 Å². The van der Waals surface area contributed by atoms with Crippen LogP contribution in [0.2, 0.25) is 0 Å². The van der Waals surface area contributed by atoms with Gasteiger partial charge < -0.3 is 40.3 Å². The number of likely N-dealkylation sites (tertiary alicyclic amines) is 1. The van der Waals surface area contributed by atoms with Crippen LogP contribution in [0.3, 0.4) is 0 Å². The number of imide groups is 2. The van der Waals surface area contributed by atoms with E-state index in [9.17, 15) is 28.8 Å². The van der Waals surface area contributed by atoms with Crippen molar-refractivity contribution in [1.29, 1.82) is 0 Å². The lowest BCUT2D eigenvalue weighted by atomic mass is 9.88. The van der Waals surface area contributed by atoms with Crippen molar-refractivity contribution in [2.45, 2.75) is 88.3 Å². The Hall–Kier alpha value is -6.21. The van der Waals surface area contributed by atoms with E-state index in [1.165, 1.54) is 5.56 Å². The third-order valence-electron chi connectivity index (χ3n) is 14.9. The maximum Gasteiger partial charge on any atom is 0.320 e. The van der Waals surface area contributed by atoms with E-state index in [0.717, 1.165) is 107 Å². The lowest BCUT2D eigenvalue weighted by Gasteiger charge is -2.38. The number of hydrogen-bond acceptors (Lipinski definition) is 14. The molecule has 7 aliphatic heterocycles. The van der Waals surface area contributed by atoms with Gasteiger partial charge in [-0.25, -0.2) is 4.79 Å². The number of carbonyl (C=O) groups is 6. The Morgan fingerprint density at radius 1 is 0.758 bits per heavy atom. The number of amides is 7. The zero-order valence-electron chi connectivity index (χ0n) is 37.2. The molecule has 0 saturated carbocycles. The van der Waals surface area contributed by atoms with Gasteiger partial charge in [0.2, 0.25) is 17.8 Å². The van der Waals surface area contributed by atoms with Gasteiger partial charge in [-0.2, -0.15) is 4.98 Å². The Bertz CT molecular complexity index is 2380. The highest BCUT2D eigenvalue weighted by molar-refractivity contribution is 6.23. The largest absolute Gasteiger partial charge is 0.381 e. The quantitative estimate of drug-likeness (QED) is 0.236. The summed E-state index contributed by atoms with van der Waals surface area (Å²) >= 11 is 0. The molecule has 4 N–H and O–H groups in total. The van der Waals surface area contributed by atoms with E-state index >= 15 is 0 Å². The monoisotopic (exact) mass is 902 g/mol. The lowest BCUT2D eigenvalue weighted by molar-refractivity contribution is -0.136. The molecular weight excluding hydrogens is 845 g/mol. The summed E-state index contributed by atoms with van der Waals surface area (Å²) in [5.74, 6) is -1.05. The van der Waals surface area contributed by atoms with Crippen molar-refractivity contribution < 1.29 is 33.5 Å². The first-order valence-corrected chi connectivity index (χ1v) is 23.7. The fourth-order valence-corrected chi connectivity index (χ4v) is 11.2. The third kappa shape index (κ3) is 8.77. The number of rotatable bonds is 11. The molecule has 348 valence electrons. The second kappa shape index (κ2) is 18.6. The first-order valence-electron chi connectivity index (χ1n) is 23.7. The van der Waals surface area contributed by atoms with Crippen LogP contribution in [-0.4, -0.2) is 161 Å². The molecule has 0 aliphatic carbocycles. The molecule has 0 radical (unpaired) electrons. The van der Waals surface area contributed by atoms with Crippen LogP contribution in [0.15, 0.2) is 42.5 Å². The number of primary amides is 1. The number of carbonyl (C=O) groups excluding carboxylic acids is 6. The van der Waals surface area contributed by atoms with Crippen LogP contribution in [0.25, 0.3) is 0 Å². The summed E-state index contributed by atoms with van der Waals surface area (Å²) < 4.78 is 5.52. The van der Waals surface area contributed by atoms with Gasteiger partial charge in [0, 0.05) is 82.9 Å². The van der Waals surface area contributed by atoms with Crippen molar-refractivity contribution in [1.82, 2.24) is 40.1 Å². The van der Waals surface area contributed by atoms with Crippen LogP contribution in [0.1, 0.15) is 107 Å². The summed E-state index contributed by atoms with van der Waals surface area (Å²) in [6.45, 7) is 8.90. The van der Waals surface area contributed by atoms with Crippen LogP contribution in [0.4, 0.5) is 27.9 Å². The Kier molecular flexibility index (Phi) is 12.3. The second-order valence-electron chi connectivity index (χ2n) is 18.9. The van der Waals surface area contributed by atoms with E-state index in [1.807, 2.05) is 32.9 Å². The van der Waals surface area contributed by atoms with Gasteiger partial charge in [0.15, 0.2) is 11.5 Å². The number of hydrogen-bond donors (Lipinski definition) is 3. The molecule has 1 aromatic heterocycles. The highest BCUT2D eigenvalue weighted by Crippen LogP contribution is 2.35. The van der Waals surface area contributed by atoms with Gasteiger partial charge >= 0.3 is 6.03 Å². The molecule has 19 nitrogen and oxygen atoms in total. The van der Waals surface area contributed by atoms with Crippen molar-refractivity contribution in [3.05, 3.63) is 64.8 Å². The Morgan fingerprint density at radius 2 is 1.48 bits per heavy atom. The molecule has 19 heteroatoms. The number of nitrogens with zero attached hydrogens (tertiary/aromatic N) is 9. The summed E-state index contributed by atoms with van der Waals surface area (Å²) in [6.07, 6.45) is 7.92. The molecule has 6 fully saturated rings. The zero-order valence-corrected chi connectivity index (χ0v) is 37.2. The molecule has 2 aromatic carbocycles. The van der Waals surface area contributed by atoms with E-state index in [0.29, 0.717) is 61.8 Å². The SMILES string of the molecule is NC(=O)c1nnc(N2CCCC(N3CCN(C4CCOCC4)C3=O)C2)nc1Nc1ccc(C2CCN(CC3CCN(c4ccc5c(c4)C(=O)N(C4CCC(=O)NC4=O)C5=O)CC3)CC2)cc1. The van der Waals surface area contributed by atoms with Crippen molar-refractivity contribution in [2.75, 3.05) is 87.2 Å². The van der Waals surface area contributed by atoms with Gasteiger partial charge in [-0.15, -0.1) is 10.2 Å². The standard InChI is InChI=1S/C47H58N12O7/c48-41(61)40-42(51-46(53-52-40)56-17-1-2-35(28-56)58-23-22-57(47(58)65)33-15-24-66-25-16-33)49-32-5-3-30(4-6-32)31-13-18-54(19-14-31)27-29-11-20-55(21-12-29)34-7-8-36-37(26-34)45(64)59(44(36)63)38-9-10-39(60)50-43(38)62/h3-8,26,29,31,33,35,38H,1-2,9-25,27-28H2,(H2,48,61)(H,49,51,53)(H,50,60,62). The first-order chi connectivity index (χ1) is 32.1. The van der Waals surface area contributed by atoms with Crippen molar-refractivity contribution in [2.24, 2.45) is 11.7 Å². The van der Waals surface area contributed by atoms with E-state index in [-0.39, 0.29) is 42.5 Å². The molecule has 8 heterocycles. The normalized spacial score (nSPS) is 24.1. The summed E-state index contributed by atoms with van der Waals surface area (Å²) in [5, 5.41) is 14.1. The summed E-state index contributed by atoms with van der Waals surface area (Å²) in [6, 6.07) is 13.0. The number of urea groups is 1. The van der Waals surface area contributed by atoms with Gasteiger partial charge in [-0.05, 0) is 119 Å². The van der Waals surface area contributed by atoms with Gasteiger partial charge in [-0.3, -0.25) is 34.2 Å². The smallest absolute Gasteiger partial charge is 0.320 e. The predicted molar refractivity (Wildman–Crippen MR) is 242 cm³/mol. The van der Waals surface area contributed by atoms with Gasteiger partial charge in [0.1, 0.15) is 6.04 Å². The average molecular weight is 903 g/mol. The molecule has 66 heavy (non-hydrogen) atoms. The highest BCUT2D eigenvalue weighted by Gasteiger charge is 2.45. The third-order valence-corrected chi connectivity index (χ3v) is 14.9. The molecule has 7 aliphatic rings. The van der Waals surface area contributed by atoms with E-state index in [1.54, 1.807) is 12.1 Å². The predicted octanol–water partition coefficient (Wildman–Crippen LogP) is 3.10. The number of nitrogens with one attached hydrogen (secondary N) is 2. The summed E-state index contributed by atoms with van der Waals surface area (Å²) in [4.78, 5) is 93.4. The van der Waals surface area contributed by atoms with Crippen LogP contribution < -0.4 is 26.2 Å². The fourth-order valence-electron chi connectivity index (χ4n) is 11.2. The van der Waals surface area contributed by atoms with Crippen molar-refractivity contribution in [3.8, 4) is 0 Å². The molecule has 2 atom stereocenters. The van der Waals surface area contributed by atoms with Gasteiger partial charge in [-0.1, -0.05) is 12.1 Å². The number of ether oxygens (including phenoxy) is 1. The van der Waals surface area contributed by atoms with Crippen molar-refractivity contribution in [3.63, 3.8) is 0 Å². The second-order valence-corrected chi connectivity index (χ2v) is 18.9. The average Bonchev–Trinajstić information content (AvgIpc) is 3.84. The van der Waals surface area contributed by atoms with Crippen LogP contribution >= 0.6 is 0 Å². The minimum absolute atomic E-state index is 0.0296. The van der Waals surface area contributed by atoms with E-state index < -0.39 is 35.6 Å². The molecule has 0 bridgehead atoms. The fraction of sp³-hybridized carbons (Fsp3) is 0.553. The highest BCUT2D eigenvalue weighted by atomic mass is 16.5. The number of piperidine rings is 4. The number of benzene rings is 2. The topological polar surface area (TPSA) is 220 Å². The lowest BCUT2D eigenvalue weighted by Crippen LogP contribution is -2.54. The minimum Gasteiger partial charge on any atom is -0.381 e. The molecule has 0 spiro atoms. The first kappa shape index (κ1) is 43.7. The molecule has 7 amide bonds. The Labute approximate surface area is 383 Å². The molecule has 2 unspecified atom stereocenters. The maximum absolute atomic E-state index is 13.5. The molecule has 3 aromatic rings. The molecule has 10 rings (SSSR count). The number of aromatic nitrogens is 3. The van der Waals surface area contributed by atoms with E-state index in [2.05, 4.69) is 42.8 Å². The summed E-state index contributed by atoms with van der Waals surface area (Å²) in [7, 11) is 0. The number of anilines is 4. The van der Waals surface area contributed by atoms with E-state index in [4.69, 9.17) is 15.5 Å². The molecule has 6 saturated heterocycles. The van der Waals surface area contributed by atoms with Crippen molar-refractivity contribution >= 4 is 58.7 Å². The van der Waals surface area contributed by atoms with Crippen LogP contribution in [-0.2, 0) is 14.3 Å². The maximum atomic E-state index is 13.5. The summed E-state index contributed by atoms with van der Waals surface area (Å²) in [5.41, 5.74) is 9.23. The van der Waals surface area contributed by atoms with Crippen LogP contribution in [0.5, 0.6) is 0 Å². The zero-order chi connectivity index (χ0) is 45.5. The molecular formula is C47H58N12O7. The Morgan fingerprint density at radius 3 is 2.21 bits per heavy atom.